The molecule has 14 heteroatoms. The van der Waals surface area contributed by atoms with Gasteiger partial charge in [-0.3, -0.25) is 18.6 Å². The maximum atomic E-state index is 12.8. The zero-order chi connectivity index (χ0) is 49.2. The van der Waals surface area contributed by atoms with Crippen molar-refractivity contribution < 1.29 is 63.1 Å². The smallest absolute Gasteiger partial charge is 0.462 e. The van der Waals surface area contributed by atoms with E-state index in [1.54, 1.807) is 0 Å². The average molecular weight is 963 g/mol. The lowest BCUT2D eigenvalue weighted by molar-refractivity contribution is -0.220. The number of hydrogen-bond donors (Lipinski definition) is 6. The van der Waals surface area contributed by atoms with Crippen molar-refractivity contribution in [1.29, 1.82) is 0 Å². The molecule has 6 N–H and O–H groups in total. The van der Waals surface area contributed by atoms with Gasteiger partial charge in [0, 0.05) is 12.8 Å². The number of unbranched alkanes of at least 4 members (excludes halogenated alkanes) is 12. The predicted molar refractivity (Wildman–Crippen MR) is 267 cm³/mol. The minimum Gasteiger partial charge on any atom is -0.462 e. The van der Waals surface area contributed by atoms with Crippen LogP contribution >= 0.6 is 7.82 Å². The summed E-state index contributed by atoms with van der Waals surface area (Å²) in [5.41, 5.74) is 0. The second-order valence-electron chi connectivity index (χ2n) is 17.0. The maximum Gasteiger partial charge on any atom is 0.472 e. The number of carbonyl (C=O) groups is 2. The van der Waals surface area contributed by atoms with Gasteiger partial charge in [-0.1, -0.05) is 162 Å². The lowest BCUT2D eigenvalue weighted by Crippen LogP contribution is -2.64. The van der Waals surface area contributed by atoms with Crippen LogP contribution in [0.2, 0.25) is 0 Å². The number of rotatable bonds is 40. The van der Waals surface area contributed by atoms with Crippen LogP contribution in [0.15, 0.2) is 97.2 Å². The highest BCUT2D eigenvalue weighted by molar-refractivity contribution is 7.47. The molecule has 0 amide bonds. The fourth-order valence-corrected chi connectivity index (χ4v) is 7.83. The topological polar surface area (TPSA) is 210 Å². The summed E-state index contributed by atoms with van der Waals surface area (Å²) < 4.78 is 33.5. The van der Waals surface area contributed by atoms with Crippen LogP contribution in [0.5, 0.6) is 0 Å². The van der Waals surface area contributed by atoms with E-state index in [4.69, 9.17) is 18.5 Å². The normalized spacial score (nSPS) is 22.0. The standard InChI is InChI=1S/C53H87O13P/c1-3-5-7-9-11-13-15-17-19-21-22-23-24-26-27-29-31-33-35-37-39-41-46(54)63-43-45(44-64-67(61,62)66-53-51(59)49(57)48(56)50(58)52(53)60)65-47(55)42-40-38-36-34-32-30-28-25-20-18-16-14-12-10-8-6-4-2/h8,10,14,16,19-21,23-25,27,29-30,32-33,35,45,48-53,56-60H,3-7,9,11-13,15,17-18,22,26,28,31,34,36-44H2,1-2H3,(H,61,62)/b10-8+,16-14+,21-19+,24-23+,25-20+,29-27+,32-30+,35-33+/t45-,48?,49-,50?,51?,52?,53?/m0/s1. The van der Waals surface area contributed by atoms with Gasteiger partial charge >= 0.3 is 19.8 Å². The van der Waals surface area contributed by atoms with Crippen LogP contribution < -0.4 is 0 Å². The Kier molecular flexibility index (Phi) is 38.5. The second kappa shape index (κ2) is 41.7. The Morgan fingerprint density at radius 1 is 0.463 bits per heavy atom. The maximum absolute atomic E-state index is 12.8. The SMILES string of the molecule is CCC/C=C/C/C=C/C/C=C/C/C=C/CCCCCC(=O)O[C@@H](COC(=O)CCC/C=C/C/C=C/C/C=C/C/C=C/CCCCCCCCC)COP(=O)(O)OC1C(O)C(O)C(O)[C@H](O)C1O. The zero-order valence-electron chi connectivity index (χ0n) is 40.7. The third kappa shape index (κ3) is 33.8. The van der Waals surface area contributed by atoms with Crippen molar-refractivity contribution >= 4 is 19.8 Å². The van der Waals surface area contributed by atoms with Crippen LogP contribution in [0.4, 0.5) is 0 Å². The van der Waals surface area contributed by atoms with Crippen LogP contribution in [-0.4, -0.2) is 98.3 Å². The van der Waals surface area contributed by atoms with Crippen molar-refractivity contribution in [3.05, 3.63) is 97.2 Å². The summed E-state index contributed by atoms with van der Waals surface area (Å²) in [7, 11) is -5.15. The van der Waals surface area contributed by atoms with Gasteiger partial charge in [0.1, 0.15) is 43.2 Å². The minimum atomic E-state index is -5.15. The number of carbonyl (C=O) groups excluding carboxylic acids is 2. The van der Waals surface area contributed by atoms with Gasteiger partial charge in [-0.2, -0.15) is 0 Å². The van der Waals surface area contributed by atoms with Crippen LogP contribution in [-0.2, 0) is 32.7 Å². The van der Waals surface area contributed by atoms with Crippen molar-refractivity contribution in [3.63, 3.8) is 0 Å². The van der Waals surface area contributed by atoms with Crippen LogP contribution in [0, 0.1) is 0 Å². The highest BCUT2D eigenvalue weighted by atomic mass is 31.2. The first kappa shape index (κ1) is 61.8. The Balaban J connectivity index is 2.49. The fraction of sp³-hybridized carbons (Fsp3) is 0.660. The largest absolute Gasteiger partial charge is 0.472 e. The number of hydrogen-bond acceptors (Lipinski definition) is 12. The van der Waals surface area contributed by atoms with Gasteiger partial charge in [0.15, 0.2) is 6.10 Å². The first-order valence-electron chi connectivity index (χ1n) is 25.0. The number of phosphoric acid groups is 1. The molecule has 8 atom stereocenters. The monoisotopic (exact) mass is 963 g/mol. The highest BCUT2D eigenvalue weighted by Crippen LogP contribution is 2.47. The van der Waals surface area contributed by atoms with E-state index in [1.165, 1.54) is 44.9 Å². The molecular weight excluding hydrogens is 876 g/mol. The summed E-state index contributed by atoms with van der Waals surface area (Å²) in [6, 6.07) is 0. The molecule has 0 radical (unpaired) electrons. The van der Waals surface area contributed by atoms with E-state index in [2.05, 4.69) is 98.9 Å². The van der Waals surface area contributed by atoms with E-state index in [9.17, 15) is 44.6 Å². The molecule has 1 aliphatic rings. The number of aliphatic hydroxyl groups is 5. The third-order valence-electron chi connectivity index (χ3n) is 10.9. The van der Waals surface area contributed by atoms with Gasteiger partial charge in [0.2, 0.25) is 0 Å². The average Bonchev–Trinajstić information content (AvgIpc) is 3.31. The molecule has 1 fully saturated rings. The summed E-state index contributed by atoms with van der Waals surface area (Å²) in [6.07, 6.45) is 43.2. The lowest BCUT2D eigenvalue weighted by Gasteiger charge is -2.41. The summed E-state index contributed by atoms with van der Waals surface area (Å²) >= 11 is 0. The summed E-state index contributed by atoms with van der Waals surface area (Å²) in [4.78, 5) is 35.8. The molecule has 13 nitrogen and oxygen atoms in total. The number of phosphoric ester groups is 1. The van der Waals surface area contributed by atoms with Gasteiger partial charge in [-0.15, -0.1) is 0 Å². The number of ether oxygens (including phenoxy) is 2. The Morgan fingerprint density at radius 3 is 1.33 bits per heavy atom. The first-order chi connectivity index (χ1) is 32.4. The van der Waals surface area contributed by atoms with Gasteiger partial charge in [0.05, 0.1) is 6.61 Å². The predicted octanol–water partition coefficient (Wildman–Crippen LogP) is 10.6. The Morgan fingerprint density at radius 2 is 0.851 bits per heavy atom. The van der Waals surface area contributed by atoms with E-state index < -0.39 is 75.7 Å². The Bertz CT molecular complexity index is 1530. The molecule has 382 valence electrons. The summed E-state index contributed by atoms with van der Waals surface area (Å²) in [5.74, 6) is -1.21. The zero-order valence-corrected chi connectivity index (χ0v) is 41.5. The van der Waals surface area contributed by atoms with Crippen molar-refractivity contribution in [2.24, 2.45) is 0 Å². The van der Waals surface area contributed by atoms with E-state index in [0.717, 1.165) is 77.0 Å². The molecule has 0 aromatic rings. The van der Waals surface area contributed by atoms with Crippen molar-refractivity contribution in [2.75, 3.05) is 13.2 Å². The molecule has 0 spiro atoms. The Labute approximate surface area is 402 Å². The molecule has 0 bridgehead atoms. The van der Waals surface area contributed by atoms with Crippen LogP contribution in [0.1, 0.15) is 168 Å². The molecule has 0 saturated heterocycles. The lowest BCUT2D eigenvalue weighted by atomic mass is 9.85. The second-order valence-corrected chi connectivity index (χ2v) is 18.4. The number of allylic oxidation sites excluding steroid dienone is 16. The molecule has 0 aromatic heterocycles. The summed E-state index contributed by atoms with van der Waals surface area (Å²) in [6.45, 7) is 3.15. The molecule has 67 heavy (non-hydrogen) atoms. The summed E-state index contributed by atoms with van der Waals surface area (Å²) in [5, 5.41) is 50.2. The van der Waals surface area contributed by atoms with Gasteiger partial charge < -0.3 is 39.9 Å². The first-order valence-corrected chi connectivity index (χ1v) is 26.5. The van der Waals surface area contributed by atoms with Crippen LogP contribution in [0.3, 0.4) is 0 Å². The van der Waals surface area contributed by atoms with Crippen LogP contribution in [0.25, 0.3) is 0 Å². The van der Waals surface area contributed by atoms with E-state index in [-0.39, 0.29) is 12.8 Å². The molecule has 1 rings (SSSR count). The molecule has 1 aliphatic carbocycles. The van der Waals surface area contributed by atoms with Crippen molar-refractivity contribution in [2.45, 2.75) is 211 Å². The van der Waals surface area contributed by atoms with Gasteiger partial charge in [-0.25, -0.2) is 4.57 Å². The molecule has 0 aromatic carbocycles. The van der Waals surface area contributed by atoms with Gasteiger partial charge in [0.25, 0.3) is 0 Å². The van der Waals surface area contributed by atoms with Crippen molar-refractivity contribution in [1.82, 2.24) is 0 Å². The number of aliphatic hydroxyl groups excluding tert-OH is 5. The molecule has 1 saturated carbocycles. The fourth-order valence-electron chi connectivity index (χ4n) is 6.86. The highest BCUT2D eigenvalue weighted by Gasteiger charge is 2.51. The van der Waals surface area contributed by atoms with E-state index in [0.29, 0.717) is 19.3 Å². The molecular formula is C53H87O13P. The molecule has 6 unspecified atom stereocenters. The third-order valence-corrected chi connectivity index (χ3v) is 11.9. The van der Waals surface area contributed by atoms with E-state index >= 15 is 0 Å². The molecule has 0 heterocycles. The Hall–Kier alpha value is -3.23. The van der Waals surface area contributed by atoms with E-state index in [1.807, 2.05) is 12.2 Å². The van der Waals surface area contributed by atoms with Gasteiger partial charge in [-0.05, 0) is 89.9 Å². The molecule has 0 aliphatic heterocycles. The minimum absolute atomic E-state index is 0.0416. The van der Waals surface area contributed by atoms with Crippen molar-refractivity contribution in [3.8, 4) is 0 Å². The number of esters is 2. The quantitative estimate of drug-likeness (QED) is 0.0146.